The van der Waals surface area contributed by atoms with Gasteiger partial charge in [-0.05, 0) is 32.0 Å². The van der Waals surface area contributed by atoms with E-state index in [-0.39, 0.29) is 10.5 Å². The summed E-state index contributed by atoms with van der Waals surface area (Å²) in [5, 5.41) is 17.7. The van der Waals surface area contributed by atoms with Crippen LogP contribution in [-0.2, 0) is 14.8 Å². The van der Waals surface area contributed by atoms with Crippen LogP contribution in [0, 0.1) is 11.3 Å². The Morgan fingerprint density at radius 3 is 2.50 bits per heavy atom. The average Bonchev–Trinajstić information content (AvgIpc) is 2.34. The van der Waals surface area contributed by atoms with Gasteiger partial charge in [-0.25, -0.2) is 8.42 Å². The van der Waals surface area contributed by atoms with E-state index in [1.807, 2.05) is 6.07 Å². The van der Waals surface area contributed by atoms with Gasteiger partial charge < -0.3 is 5.11 Å². The van der Waals surface area contributed by atoms with Gasteiger partial charge in [0.2, 0.25) is 10.0 Å². The van der Waals surface area contributed by atoms with E-state index in [1.54, 1.807) is 13.8 Å². The Kier molecular flexibility index (Phi) is 5.28. The molecule has 0 radical (unpaired) electrons. The minimum Gasteiger partial charge on any atom is -0.480 e. The average molecular weight is 361 g/mol. The first-order chi connectivity index (χ1) is 9.18. The highest BCUT2D eigenvalue weighted by Gasteiger charge is 2.29. The molecule has 0 heterocycles. The second kappa shape index (κ2) is 6.35. The summed E-state index contributed by atoms with van der Waals surface area (Å²) in [6, 6.07) is 5.39. The lowest BCUT2D eigenvalue weighted by molar-refractivity contribution is -0.137. The van der Waals surface area contributed by atoms with Crippen LogP contribution in [0.25, 0.3) is 0 Å². The third-order valence-electron chi connectivity index (χ3n) is 2.47. The number of nitrogens with zero attached hydrogens (tertiary/aromatic N) is 2. The third kappa shape index (κ3) is 3.79. The molecule has 0 aliphatic carbocycles. The van der Waals surface area contributed by atoms with Gasteiger partial charge in [-0.1, -0.05) is 15.9 Å². The molecule has 1 rings (SSSR count). The fourth-order valence-corrected chi connectivity index (χ4v) is 3.89. The summed E-state index contributed by atoms with van der Waals surface area (Å²) < 4.78 is 26.2. The van der Waals surface area contributed by atoms with Crippen molar-refractivity contribution < 1.29 is 18.3 Å². The first kappa shape index (κ1) is 16.6. The fourth-order valence-electron chi connectivity index (χ4n) is 1.59. The molecule has 20 heavy (non-hydrogen) atoms. The van der Waals surface area contributed by atoms with Crippen LogP contribution in [0.3, 0.4) is 0 Å². The maximum Gasteiger partial charge on any atom is 0.318 e. The Balaban J connectivity index is 3.37. The molecular weight excluding hydrogens is 348 g/mol. The highest BCUT2D eigenvalue weighted by Crippen LogP contribution is 2.23. The second-order valence-electron chi connectivity index (χ2n) is 4.33. The molecule has 0 bridgehead atoms. The summed E-state index contributed by atoms with van der Waals surface area (Å²) in [5.41, 5.74) is 0.178. The molecule has 0 spiro atoms. The molecular formula is C12H13BrN2O4S. The zero-order valence-electron chi connectivity index (χ0n) is 10.9. The minimum atomic E-state index is -3.98. The van der Waals surface area contributed by atoms with Gasteiger partial charge in [0.25, 0.3) is 0 Å². The molecule has 0 fully saturated rings. The highest BCUT2D eigenvalue weighted by atomic mass is 79.9. The van der Waals surface area contributed by atoms with Crippen LogP contribution in [0.5, 0.6) is 0 Å². The van der Waals surface area contributed by atoms with Gasteiger partial charge in [0.15, 0.2) is 0 Å². The molecule has 0 amide bonds. The molecule has 8 heteroatoms. The summed E-state index contributed by atoms with van der Waals surface area (Å²) in [7, 11) is -3.98. The molecule has 1 N–H and O–H groups in total. The van der Waals surface area contributed by atoms with Crippen LogP contribution in [0.1, 0.15) is 19.4 Å². The number of halogens is 1. The van der Waals surface area contributed by atoms with Gasteiger partial charge in [0.1, 0.15) is 6.54 Å². The van der Waals surface area contributed by atoms with Crippen molar-refractivity contribution in [3.05, 3.63) is 28.2 Å². The van der Waals surface area contributed by atoms with E-state index in [4.69, 9.17) is 10.4 Å². The summed E-state index contributed by atoms with van der Waals surface area (Å²) in [6.45, 7) is 2.54. The maximum absolute atomic E-state index is 12.5. The smallest absolute Gasteiger partial charge is 0.318 e. The van der Waals surface area contributed by atoms with Gasteiger partial charge in [0, 0.05) is 10.5 Å². The molecule has 0 saturated heterocycles. The Labute approximate surface area is 125 Å². The fraction of sp³-hybridized carbons (Fsp3) is 0.333. The van der Waals surface area contributed by atoms with Gasteiger partial charge in [-0.3, -0.25) is 4.79 Å². The van der Waals surface area contributed by atoms with Crippen LogP contribution in [0.15, 0.2) is 27.6 Å². The molecule has 0 atom stereocenters. The Bertz CT molecular complexity index is 665. The number of hydrogen-bond acceptors (Lipinski definition) is 4. The zero-order chi connectivity index (χ0) is 15.5. The quantitative estimate of drug-likeness (QED) is 0.862. The van der Waals surface area contributed by atoms with E-state index >= 15 is 0 Å². The first-order valence-corrected chi connectivity index (χ1v) is 7.86. The maximum atomic E-state index is 12.5. The largest absolute Gasteiger partial charge is 0.480 e. The van der Waals surface area contributed by atoms with Gasteiger partial charge in [0.05, 0.1) is 16.5 Å². The van der Waals surface area contributed by atoms with Crippen molar-refractivity contribution in [2.75, 3.05) is 6.54 Å². The van der Waals surface area contributed by atoms with Crippen molar-refractivity contribution in [1.82, 2.24) is 4.31 Å². The molecule has 1 aromatic rings. The lowest BCUT2D eigenvalue weighted by Gasteiger charge is -2.24. The number of aliphatic carboxylic acids is 1. The van der Waals surface area contributed by atoms with Crippen molar-refractivity contribution >= 4 is 31.9 Å². The van der Waals surface area contributed by atoms with E-state index in [0.29, 0.717) is 4.47 Å². The number of benzene rings is 1. The molecule has 0 aliphatic heterocycles. The van der Waals surface area contributed by atoms with Crippen molar-refractivity contribution in [3.63, 3.8) is 0 Å². The summed E-state index contributed by atoms with van der Waals surface area (Å²) >= 11 is 3.13. The number of hydrogen-bond donors (Lipinski definition) is 1. The van der Waals surface area contributed by atoms with Crippen LogP contribution in [0.4, 0.5) is 0 Å². The molecule has 0 aliphatic rings. The van der Waals surface area contributed by atoms with E-state index in [2.05, 4.69) is 15.9 Å². The topological polar surface area (TPSA) is 98.5 Å². The van der Waals surface area contributed by atoms with Crippen molar-refractivity contribution in [2.45, 2.75) is 24.8 Å². The highest BCUT2D eigenvalue weighted by molar-refractivity contribution is 9.10. The van der Waals surface area contributed by atoms with E-state index in [9.17, 15) is 13.2 Å². The molecule has 0 aromatic heterocycles. The summed E-state index contributed by atoms with van der Waals surface area (Å²) in [6.07, 6.45) is 0. The number of nitriles is 1. The zero-order valence-corrected chi connectivity index (χ0v) is 13.3. The molecule has 108 valence electrons. The van der Waals surface area contributed by atoms with Crippen LogP contribution in [0.2, 0.25) is 0 Å². The normalized spacial score (nSPS) is 11.6. The molecule has 1 aromatic carbocycles. The predicted molar refractivity (Wildman–Crippen MR) is 75.5 cm³/mol. The van der Waals surface area contributed by atoms with Gasteiger partial charge in [-0.15, -0.1) is 0 Å². The summed E-state index contributed by atoms with van der Waals surface area (Å²) in [5.74, 6) is -1.24. The lowest BCUT2D eigenvalue weighted by atomic mass is 10.2. The van der Waals surface area contributed by atoms with Crippen molar-refractivity contribution in [1.29, 1.82) is 5.26 Å². The number of sulfonamides is 1. The number of carboxylic acids is 1. The number of carbonyl (C=O) groups is 1. The van der Waals surface area contributed by atoms with Crippen LogP contribution >= 0.6 is 15.9 Å². The Morgan fingerprint density at radius 2 is 2.05 bits per heavy atom. The predicted octanol–water partition coefficient (Wildman–Crippen LogP) is 1.80. The summed E-state index contributed by atoms with van der Waals surface area (Å²) in [4.78, 5) is 10.7. The Morgan fingerprint density at radius 1 is 1.45 bits per heavy atom. The van der Waals surface area contributed by atoms with Crippen molar-refractivity contribution in [3.8, 4) is 6.07 Å². The number of rotatable bonds is 5. The minimum absolute atomic E-state index is 0.113. The Hall–Kier alpha value is -1.43. The molecule has 0 saturated carbocycles. The standard InChI is InChI=1S/C12H13BrN2O4S/c1-8(2)15(7-12(16)17)20(18,19)11-4-9(6-14)3-10(13)5-11/h3-5,8H,7H2,1-2H3,(H,16,17). The second-order valence-corrected chi connectivity index (χ2v) is 7.13. The monoisotopic (exact) mass is 360 g/mol. The first-order valence-electron chi connectivity index (χ1n) is 5.63. The third-order valence-corrected chi connectivity index (χ3v) is 4.93. The van der Waals surface area contributed by atoms with Gasteiger partial charge >= 0.3 is 5.97 Å². The van der Waals surface area contributed by atoms with Gasteiger partial charge in [-0.2, -0.15) is 9.57 Å². The van der Waals surface area contributed by atoms with Crippen molar-refractivity contribution in [2.24, 2.45) is 0 Å². The molecule has 6 nitrogen and oxygen atoms in total. The number of carboxylic acid groups (broad SMARTS) is 1. The van der Waals surface area contributed by atoms with E-state index < -0.39 is 28.6 Å². The van der Waals surface area contributed by atoms with E-state index in [0.717, 1.165) is 4.31 Å². The lowest BCUT2D eigenvalue weighted by Crippen LogP contribution is -2.40. The van der Waals surface area contributed by atoms with E-state index in [1.165, 1.54) is 18.2 Å². The van der Waals surface area contributed by atoms with Crippen LogP contribution < -0.4 is 0 Å². The molecule has 0 unspecified atom stereocenters. The van der Waals surface area contributed by atoms with Crippen LogP contribution in [-0.4, -0.2) is 36.4 Å². The SMILES string of the molecule is CC(C)N(CC(=O)O)S(=O)(=O)c1cc(Br)cc(C#N)c1.